The Labute approximate surface area is 144 Å². The lowest BCUT2D eigenvalue weighted by Gasteiger charge is -2.10. The van der Waals surface area contributed by atoms with Crippen LogP contribution in [-0.4, -0.2) is 46.8 Å². The number of aliphatic imine (C=N–C) groups is 1. The van der Waals surface area contributed by atoms with Gasteiger partial charge in [0.1, 0.15) is 11.4 Å². The smallest absolute Gasteiger partial charge is 0.274 e. The summed E-state index contributed by atoms with van der Waals surface area (Å²) in [4.78, 5) is 20.2. The Morgan fingerprint density at radius 2 is 2.24 bits per heavy atom. The number of amides is 1. The standard InChI is InChI=1S/C17H19N5O3/c1-11-9-22(10-19-11)14-4-3-12(8-15(14)25-2)7-13-16(24)21-17(20-13)18-5-6-23/h3-4,7-10,23H,5-6H2,1-2H3,(H2,18,20,21,24)/b13-7-. The molecule has 8 nitrogen and oxygen atoms in total. The molecule has 25 heavy (non-hydrogen) atoms. The van der Waals surface area contributed by atoms with Crippen LogP contribution in [0, 0.1) is 6.92 Å². The molecule has 3 rings (SSSR count). The van der Waals surface area contributed by atoms with E-state index in [4.69, 9.17) is 9.84 Å². The number of nitrogens with zero attached hydrogens (tertiary/aromatic N) is 3. The number of carbonyl (C=O) groups is 1. The Hall–Kier alpha value is -3.13. The number of aromatic nitrogens is 2. The van der Waals surface area contributed by atoms with E-state index in [-0.39, 0.29) is 19.1 Å². The molecule has 0 saturated carbocycles. The number of methoxy groups -OCH3 is 1. The van der Waals surface area contributed by atoms with Gasteiger partial charge in [0.2, 0.25) is 5.96 Å². The number of aliphatic hydroxyl groups excluding tert-OH is 1. The van der Waals surface area contributed by atoms with Crippen molar-refractivity contribution in [3.63, 3.8) is 0 Å². The highest BCUT2D eigenvalue weighted by atomic mass is 16.5. The zero-order valence-electron chi connectivity index (χ0n) is 14.0. The highest BCUT2D eigenvalue weighted by Gasteiger charge is 2.21. The van der Waals surface area contributed by atoms with Crippen molar-refractivity contribution in [2.45, 2.75) is 6.92 Å². The normalized spacial score (nSPS) is 17.0. The van der Waals surface area contributed by atoms with Gasteiger partial charge in [-0.15, -0.1) is 0 Å². The molecule has 0 spiro atoms. The van der Waals surface area contributed by atoms with Crippen LogP contribution in [0.3, 0.4) is 0 Å². The van der Waals surface area contributed by atoms with Crippen molar-refractivity contribution < 1.29 is 14.6 Å². The predicted molar refractivity (Wildman–Crippen MR) is 93.5 cm³/mol. The molecule has 0 bridgehead atoms. The van der Waals surface area contributed by atoms with Crippen molar-refractivity contribution in [3.05, 3.63) is 47.7 Å². The van der Waals surface area contributed by atoms with Crippen LogP contribution in [0.1, 0.15) is 11.3 Å². The van der Waals surface area contributed by atoms with E-state index < -0.39 is 0 Å². The number of aliphatic hydroxyl groups is 1. The minimum atomic E-state index is -0.273. The van der Waals surface area contributed by atoms with Gasteiger partial charge in [-0.25, -0.2) is 4.98 Å². The lowest BCUT2D eigenvalue weighted by Crippen LogP contribution is -2.25. The summed E-state index contributed by atoms with van der Waals surface area (Å²) in [5.74, 6) is 0.729. The van der Waals surface area contributed by atoms with Crippen LogP contribution >= 0.6 is 0 Å². The molecule has 0 radical (unpaired) electrons. The molecule has 0 aliphatic carbocycles. The Morgan fingerprint density at radius 1 is 1.40 bits per heavy atom. The molecule has 8 heteroatoms. The first-order chi connectivity index (χ1) is 12.1. The Kier molecular flexibility index (Phi) is 4.80. The second kappa shape index (κ2) is 7.18. The minimum Gasteiger partial charge on any atom is -0.495 e. The summed E-state index contributed by atoms with van der Waals surface area (Å²) in [5.41, 5.74) is 2.96. The number of carbonyl (C=O) groups excluding carboxylic acids is 1. The van der Waals surface area contributed by atoms with E-state index in [2.05, 4.69) is 20.6 Å². The van der Waals surface area contributed by atoms with Gasteiger partial charge >= 0.3 is 0 Å². The van der Waals surface area contributed by atoms with Crippen molar-refractivity contribution in [2.75, 3.05) is 20.3 Å². The number of benzene rings is 1. The maximum Gasteiger partial charge on any atom is 0.274 e. The van der Waals surface area contributed by atoms with Gasteiger partial charge in [0, 0.05) is 6.20 Å². The van der Waals surface area contributed by atoms with Crippen LogP contribution < -0.4 is 15.4 Å². The lowest BCUT2D eigenvalue weighted by atomic mass is 10.1. The van der Waals surface area contributed by atoms with Gasteiger partial charge in [0.15, 0.2) is 0 Å². The third-order valence-electron chi connectivity index (χ3n) is 3.60. The molecule has 1 amide bonds. The van der Waals surface area contributed by atoms with Gasteiger partial charge in [-0.2, -0.15) is 0 Å². The number of nitrogens with one attached hydrogen (secondary N) is 2. The molecule has 3 N–H and O–H groups in total. The van der Waals surface area contributed by atoms with Gasteiger partial charge < -0.3 is 19.7 Å². The number of hydrogen-bond acceptors (Lipinski definition) is 5. The average Bonchev–Trinajstić information content (AvgIpc) is 3.19. The molecule has 1 aromatic heterocycles. The van der Waals surface area contributed by atoms with E-state index in [9.17, 15) is 4.79 Å². The van der Waals surface area contributed by atoms with Crippen molar-refractivity contribution in [1.29, 1.82) is 0 Å². The molecule has 2 aromatic rings. The summed E-state index contributed by atoms with van der Waals surface area (Å²) in [7, 11) is 1.60. The van der Waals surface area contributed by atoms with Crippen LogP contribution in [0.4, 0.5) is 0 Å². The zero-order valence-corrected chi connectivity index (χ0v) is 14.0. The first kappa shape index (κ1) is 16.7. The van der Waals surface area contributed by atoms with Gasteiger partial charge in [-0.1, -0.05) is 6.07 Å². The van der Waals surface area contributed by atoms with Crippen LogP contribution in [0.15, 0.2) is 41.4 Å². The fraction of sp³-hybridized carbons (Fsp3) is 0.235. The van der Waals surface area contributed by atoms with Crippen molar-refractivity contribution in [3.8, 4) is 11.4 Å². The molecule has 1 saturated heterocycles. The van der Waals surface area contributed by atoms with Crippen molar-refractivity contribution >= 4 is 17.9 Å². The minimum absolute atomic E-state index is 0.0769. The van der Waals surface area contributed by atoms with E-state index in [0.29, 0.717) is 17.4 Å². The van der Waals surface area contributed by atoms with Crippen molar-refractivity contribution in [2.24, 2.45) is 4.99 Å². The number of ether oxygens (including phenoxy) is 1. The molecule has 1 aliphatic heterocycles. The SMILES string of the molecule is COc1cc(/C=C2\NC(=NCCO)NC2=O)ccc1-n1cnc(C)c1. The number of guanidine groups is 1. The zero-order chi connectivity index (χ0) is 17.8. The van der Waals surface area contributed by atoms with Crippen molar-refractivity contribution in [1.82, 2.24) is 20.2 Å². The predicted octanol–water partition coefficient (Wildman–Crippen LogP) is 0.598. The molecular formula is C17H19N5O3. The first-order valence-corrected chi connectivity index (χ1v) is 7.75. The van der Waals surface area contributed by atoms with Gasteiger partial charge in [0.05, 0.1) is 38.0 Å². The van der Waals surface area contributed by atoms with Gasteiger partial charge in [-0.3, -0.25) is 15.1 Å². The van der Waals surface area contributed by atoms with Crippen LogP contribution in [-0.2, 0) is 4.79 Å². The van der Waals surface area contributed by atoms with E-state index in [1.807, 2.05) is 35.9 Å². The summed E-state index contributed by atoms with van der Waals surface area (Å²) in [6.07, 6.45) is 5.34. The summed E-state index contributed by atoms with van der Waals surface area (Å²) in [6, 6.07) is 5.63. The first-order valence-electron chi connectivity index (χ1n) is 7.75. The number of imidazole rings is 1. The molecule has 2 heterocycles. The maximum absolute atomic E-state index is 12.0. The quantitative estimate of drug-likeness (QED) is 0.692. The lowest BCUT2D eigenvalue weighted by molar-refractivity contribution is -0.115. The van der Waals surface area contributed by atoms with Gasteiger partial charge in [-0.05, 0) is 30.7 Å². The second-order valence-corrected chi connectivity index (χ2v) is 5.44. The fourth-order valence-electron chi connectivity index (χ4n) is 2.45. The fourth-order valence-corrected chi connectivity index (χ4v) is 2.45. The number of hydrogen-bond donors (Lipinski definition) is 3. The summed E-state index contributed by atoms with van der Waals surface area (Å²) < 4.78 is 7.35. The third-order valence-corrected chi connectivity index (χ3v) is 3.60. The highest BCUT2D eigenvalue weighted by molar-refractivity contribution is 6.15. The molecule has 1 aliphatic rings. The summed E-state index contributed by atoms with van der Waals surface area (Å²) in [6.45, 7) is 2.07. The molecule has 1 aromatic carbocycles. The van der Waals surface area contributed by atoms with E-state index in [0.717, 1.165) is 16.9 Å². The van der Waals surface area contributed by atoms with E-state index >= 15 is 0 Å². The Balaban J connectivity index is 1.87. The molecule has 0 unspecified atom stereocenters. The van der Waals surface area contributed by atoms with Crippen LogP contribution in [0.25, 0.3) is 11.8 Å². The van der Waals surface area contributed by atoms with E-state index in [1.165, 1.54) is 0 Å². The third kappa shape index (κ3) is 3.69. The average molecular weight is 341 g/mol. The Morgan fingerprint density at radius 3 is 2.92 bits per heavy atom. The molecule has 130 valence electrons. The van der Waals surface area contributed by atoms with Crippen LogP contribution in [0.5, 0.6) is 5.75 Å². The van der Waals surface area contributed by atoms with Crippen LogP contribution in [0.2, 0.25) is 0 Å². The monoisotopic (exact) mass is 341 g/mol. The topological polar surface area (TPSA) is 101 Å². The molecular weight excluding hydrogens is 322 g/mol. The van der Waals surface area contributed by atoms with Gasteiger partial charge in [0.25, 0.3) is 5.91 Å². The molecule has 0 atom stereocenters. The summed E-state index contributed by atoms with van der Waals surface area (Å²) >= 11 is 0. The number of rotatable bonds is 5. The van der Waals surface area contributed by atoms with E-state index in [1.54, 1.807) is 19.5 Å². The summed E-state index contributed by atoms with van der Waals surface area (Å²) in [5, 5.41) is 14.3. The largest absolute Gasteiger partial charge is 0.495 e. The molecule has 1 fully saturated rings. The Bertz CT molecular complexity index is 854. The highest BCUT2D eigenvalue weighted by Crippen LogP contribution is 2.25. The second-order valence-electron chi connectivity index (χ2n) is 5.44. The maximum atomic E-state index is 12.0. The number of aryl methyl sites for hydroxylation is 1.